The van der Waals surface area contributed by atoms with Crippen molar-refractivity contribution in [1.82, 2.24) is 9.19 Å². The van der Waals surface area contributed by atoms with Crippen LogP contribution in [0.15, 0.2) is 0 Å². The zero-order valence-electron chi connectivity index (χ0n) is 8.18. The Kier molecular flexibility index (Phi) is 4.45. The molecule has 0 saturated carbocycles. The molecule has 2 N–H and O–H groups in total. The number of carbonyl (C=O) groups is 1. The zero-order chi connectivity index (χ0) is 11.3. The molecule has 0 bridgehead atoms. The second-order valence-corrected chi connectivity index (χ2v) is 4.86. The van der Waals surface area contributed by atoms with Crippen molar-refractivity contribution in [2.24, 2.45) is 0 Å². The van der Waals surface area contributed by atoms with E-state index in [0.29, 0.717) is 13.1 Å². The molecule has 0 radical (unpaired) electrons. The maximum absolute atomic E-state index is 11.5. The quantitative estimate of drug-likeness (QED) is 0.619. The van der Waals surface area contributed by atoms with Gasteiger partial charge in [0.1, 0.15) is 0 Å². The maximum atomic E-state index is 11.5. The normalized spacial score (nSPS) is 18.9. The second-order valence-electron chi connectivity index (χ2n) is 3.23. The second kappa shape index (κ2) is 5.40. The van der Waals surface area contributed by atoms with Crippen LogP contribution in [0.3, 0.4) is 0 Å². The third-order valence-corrected chi connectivity index (χ3v) is 3.39. The molecule has 0 atom stereocenters. The molecule has 0 amide bonds. The van der Waals surface area contributed by atoms with Crippen molar-refractivity contribution in [2.45, 2.75) is 19.3 Å². The topological polar surface area (TPSA) is 95.9 Å². The lowest BCUT2D eigenvalue weighted by atomic mass is 10.2. The third kappa shape index (κ3) is 4.12. The van der Waals surface area contributed by atoms with E-state index in [1.165, 1.54) is 4.31 Å². The zero-order valence-corrected chi connectivity index (χ0v) is 8.99. The lowest BCUT2D eigenvalue weighted by molar-refractivity contribution is -0.143. The summed E-state index contributed by atoms with van der Waals surface area (Å²) < 4.78 is 24.2. The molecule has 0 spiro atoms. The minimum atomic E-state index is -3.68. The highest BCUT2D eigenvalue weighted by Crippen LogP contribution is 2.11. The van der Waals surface area contributed by atoms with Gasteiger partial charge in [-0.1, -0.05) is 11.3 Å². The van der Waals surface area contributed by atoms with Crippen LogP contribution in [0.4, 0.5) is 0 Å². The molecule has 15 heavy (non-hydrogen) atoms. The van der Waals surface area contributed by atoms with Crippen LogP contribution in [0.2, 0.25) is 0 Å². The molecule has 1 aliphatic rings. The molecule has 1 saturated heterocycles. The Morgan fingerprint density at radius 1 is 1.33 bits per heavy atom. The molecule has 8 heteroatoms. The first kappa shape index (κ1) is 12.4. The van der Waals surface area contributed by atoms with Crippen molar-refractivity contribution in [3.05, 3.63) is 0 Å². The summed E-state index contributed by atoms with van der Waals surface area (Å²) in [5.74, 6) is -1.23. The summed E-state index contributed by atoms with van der Waals surface area (Å²) in [7, 11) is -3.68. The van der Waals surface area contributed by atoms with E-state index in [1.807, 2.05) is 0 Å². The number of carboxylic acids is 1. The van der Waals surface area contributed by atoms with Crippen molar-refractivity contribution in [1.29, 1.82) is 0 Å². The number of piperidine rings is 1. The van der Waals surface area contributed by atoms with E-state index >= 15 is 0 Å². The fourth-order valence-corrected chi connectivity index (χ4v) is 2.38. The Bertz CT molecular complexity index is 309. The number of aliphatic carboxylic acids is 1. The van der Waals surface area contributed by atoms with E-state index in [0.717, 1.165) is 19.3 Å². The molecular weight excluding hydrogens is 224 g/mol. The first-order valence-corrected chi connectivity index (χ1v) is 6.07. The molecule has 1 rings (SSSR count). The number of hydrogen-bond donors (Lipinski definition) is 2. The lowest BCUT2D eigenvalue weighted by Crippen LogP contribution is -2.43. The number of carboxylic acid groups (broad SMARTS) is 1. The van der Waals surface area contributed by atoms with E-state index in [-0.39, 0.29) is 0 Å². The summed E-state index contributed by atoms with van der Waals surface area (Å²) in [6.45, 7) is 0.213. The van der Waals surface area contributed by atoms with Gasteiger partial charge >= 0.3 is 16.2 Å². The number of rotatable bonds is 5. The van der Waals surface area contributed by atoms with Gasteiger partial charge in [0, 0.05) is 13.1 Å². The monoisotopic (exact) mass is 238 g/mol. The van der Waals surface area contributed by atoms with E-state index in [2.05, 4.69) is 4.84 Å². The van der Waals surface area contributed by atoms with Crippen molar-refractivity contribution >= 4 is 16.2 Å². The predicted molar refractivity (Wildman–Crippen MR) is 51.1 cm³/mol. The van der Waals surface area contributed by atoms with Gasteiger partial charge in [-0.3, -0.25) is 4.84 Å². The largest absolute Gasteiger partial charge is 0.479 e. The number of hydrogen-bond acceptors (Lipinski definition) is 4. The van der Waals surface area contributed by atoms with Gasteiger partial charge in [0.05, 0.1) is 0 Å². The van der Waals surface area contributed by atoms with Crippen molar-refractivity contribution in [2.75, 3.05) is 19.7 Å². The van der Waals surface area contributed by atoms with Crippen LogP contribution >= 0.6 is 0 Å². The first-order chi connectivity index (χ1) is 7.02. The standard InChI is InChI=1S/C7H14N2O5S/c10-7(11)6-14-8-15(12,13)9-4-2-1-3-5-9/h8H,1-6H2,(H,10,11). The van der Waals surface area contributed by atoms with Gasteiger partial charge in [-0.25, -0.2) is 4.79 Å². The highest BCUT2D eigenvalue weighted by Gasteiger charge is 2.23. The molecule has 0 unspecified atom stereocenters. The molecule has 88 valence electrons. The molecule has 7 nitrogen and oxygen atoms in total. The Hall–Kier alpha value is -0.700. The van der Waals surface area contributed by atoms with E-state index < -0.39 is 22.8 Å². The average molecular weight is 238 g/mol. The fraction of sp³-hybridized carbons (Fsp3) is 0.857. The first-order valence-electron chi connectivity index (χ1n) is 4.63. The fourth-order valence-electron chi connectivity index (χ4n) is 1.32. The van der Waals surface area contributed by atoms with E-state index in [1.54, 1.807) is 4.89 Å². The summed E-state index contributed by atoms with van der Waals surface area (Å²) in [6.07, 6.45) is 2.65. The van der Waals surface area contributed by atoms with Gasteiger partial charge in [-0.15, -0.1) is 0 Å². The van der Waals surface area contributed by atoms with Crippen LogP contribution in [0.1, 0.15) is 19.3 Å². The Morgan fingerprint density at radius 3 is 2.47 bits per heavy atom. The van der Waals surface area contributed by atoms with Gasteiger partial charge in [0.15, 0.2) is 6.61 Å². The summed E-state index contributed by atoms with van der Waals surface area (Å²) in [5.41, 5.74) is 0. The van der Waals surface area contributed by atoms with Crippen LogP contribution in [-0.2, 0) is 19.8 Å². The minimum Gasteiger partial charge on any atom is -0.479 e. The van der Waals surface area contributed by atoms with Crippen LogP contribution in [-0.4, -0.2) is 43.5 Å². The van der Waals surface area contributed by atoms with Crippen molar-refractivity contribution in [3.63, 3.8) is 0 Å². The van der Waals surface area contributed by atoms with Gasteiger partial charge < -0.3 is 5.11 Å². The van der Waals surface area contributed by atoms with Crippen LogP contribution in [0.25, 0.3) is 0 Å². The van der Waals surface area contributed by atoms with Gasteiger partial charge in [0.25, 0.3) is 0 Å². The van der Waals surface area contributed by atoms with Gasteiger partial charge in [-0.2, -0.15) is 12.7 Å². The highest BCUT2D eigenvalue weighted by atomic mass is 32.2. The highest BCUT2D eigenvalue weighted by molar-refractivity contribution is 7.87. The maximum Gasteiger partial charge on any atom is 0.331 e. The van der Waals surface area contributed by atoms with Crippen LogP contribution in [0, 0.1) is 0 Å². The van der Waals surface area contributed by atoms with Crippen LogP contribution < -0.4 is 4.89 Å². The molecule has 0 aromatic carbocycles. The Morgan fingerprint density at radius 2 is 1.93 bits per heavy atom. The average Bonchev–Trinajstić information content (AvgIpc) is 2.18. The Balaban J connectivity index is 2.40. The molecule has 1 fully saturated rings. The number of nitrogens with zero attached hydrogens (tertiary/aromatic N) is 1. The van der Waals surface area contributed by atoms with Crippen molar-refractivity contribution < 1.29 is 23.2 Å². The summed E-state index contributed by atoms with van der Waals surface area (Å²) in [6, 6.07) is 0. The van der Waals surface area contributed by atoms with Crippen molar-refractivity contribution in [3.8, 4) is 0 Å². The smallest absolute Gasteiger partial charge is 0.331 e. The molecule has 0 aliphatic carbocycles. The summed E-state index contributed by atoms with van der Waals surface area (Å²) >= 11 is 0. The molecule has 0 aromatic rings. The lowest BCUT2D eigenvalue weighted by Gasteiger charge is -2.25. The summed E-state index contributed by atoms with van der Waals surface area (Å²) in [5, 5.41) is 8.25. The van der Waals surface area contributed by atoms with Gasteiger partial charge in [-0.05, 0) is 12.8 Å². The SMILES string of the molecule is O=C(O)CONS(=O)(=O)N1CCCCC1. The third-order valence-electron chi connectivity index (χ3n) is 2.01. The number of nitrogens with one attached hydrogen (secondary N) is 1. The van der Waals surface area contributed by atoms with Gasteiger partial charge in [0.2, 0.25) is 0 Å². The molecule has 1 heterocycles. The van der Waals surface area contributed by atoms with E-state index in [9.17, 15) is 13.2 Å². The predicted octanol–water partition coefficient (Wildman–Crippen LogP) is -0.677. The Labute approximate surface area is 88.2 Å². The molecular formula is C7H14N2O5S. The molecule has 1 aliphatic heterocycles. The van der Waals surface area contributed by atoms with Crippen LogP contribution in [0.5, 0.6) is 0 Å². The van der Waals surface area contributed by atoms with E-state index in [4.69, 9.17) is 5.11 Å². The summed E-state index contributed by atoms with van der Waals surface area (Å²) in [4.78, 5) is 16.2. The minimum absolute atomic E-state index is 0.450. The molecule has 0 aromatic heterocycles.